The molecule has 1 aromatic rings. The first-order valence-corrected chi connectivity index (χ1v) is 10.8. The molecule has 1 aromatic carbocycles. The first-order chi connectivity index (χ1) is 15.0. The van der Waals surface area contributed by atoms with Crippen LogP contribution in [0.15, 0.2) is 47.5 Å². The standard InChI is InChI=1S/C23H27N5O3/c1-3-8-20(29)26-11-13-27(14-12-26)22(30)18-15-25(4-2)16-19-21(18)24-28(23(19)31)17-9-6-5-7-10-17/h5-7,9-10,15-16H,3-4,8,11-14H2,1-2H3. The highest BCUT2D eigenvalue weighted by atomic mass is 16.2. The number of fused-ring (bicyclic) bond motifs is 1. The minimum absolute atomic E-state index is 0.137. The number of para-hydroxylation sites is 1. The summed E-state index contributed by atoms with van der Waals surface area (Å²) in [5.41, 5.74) is 1.67. The highest BCUT2D eigenvalue weighted by Gasteiger charge is 2.29. The Bertz CT molecular complexity index is 1110. The summed E-state index contributed by atoms with van der Waals surface area (Å²) < 4.78 is 3.19. The molecule has 0 N–H and O–H groups in total. The Morgan fingerprint density at radius 1 is 0.968 bits per heavy atom. The van der Waals surface area contributed by atoms with Crippen LogP contribution in [0.3, 0.4) is 0 Å². The third-order valence-electron chi connectivity index (χ3n) is 5.70. The van der Waals surface area contributed by atoms with Crippen molar-refractivity contribution in [2.24, 2.45) is 0 Å². The van der Waals surface area contributed by atoms with Gasteiger partial charge in [0, 0.05) is 51.5 Å². The third kappa shape index (κ3) is 3.97. The SMILES string of the molecule is CCCC(=O)N1CCN(C(=O)c2cn(CC)cc3c(=O)n(-c4ccccc4)nc2-3)CC1. The lowest BCUT2D eigenvalue weighted by Gasteiger charge is -2.35. The number of nitrogens with zero attached hydrogens (tertiary/aromatic N) is 5. The van der Waals surface area contributed by atoms with Crippen molar-refractivity contribution < 1.29 is 9.59 Å². The third-order valence-corrected chi connectivity index (χ3v) is 5.70. The van der Waals surface area contributed by atoms with Gasteiger partial charge in [0.1, 0.15) is 5.69 Å². The number of carbonyl (C=O) groups is 2. The van der Waals surface area contributed by atoms with Gasteiger partial charge in [0.2, 0.25) is 5.91 Å². The number of hydrogen-bond donors (Lipinski definition) is 0. The maximum Gasteiger partial charge on any atom is 0.282 e. The lowest BCUT2D eigenvalue weighted by Crippen LogP contribution is -2.50. The molecule has 0 bridgehead atoms. The van der Waals surface area contributed by atoms with Crippen molar-refractivity contribution in [2.75, 3.05) is 26.2 Å². The second-order valence-corrected chi connectivity index (χ2v) is 7.74. The van der Waals surface area contributed by atoms with Crippen LogP contribution >= 0.6 is 0 Å². The Hall–Kier alpha value is -3.42. The van der Waals surface area contributed by atoms with Gasteiger partial charge in [-0.05, 0) is 25.5 Å². The smallest absolute Gasteiger partial charge is 0.282 e. The molecule has 0 aromatic heterocycles. The molecule has 0 aliphatic carbocycles. The molecule has 2 amide bonds. The van der Waals surface area contributed by atoms with Crippen LogP contribution in [-0.4, -0.2) is 62.1 Å². The van der Waals surface area contributed by atoms with E-state index in [2.05, 4.69) is 5.10 Å². The average molecular weight is 422 g/mol. The molecule has 4 rings (SSSR count). The first kappa shape index (κ1) is 20.8. The summed E-state index contributed by atoms with van der Waals surface area (Å²) in [7, 11) is 0. The van der Waals surface area contributed by atoms with Gasteiger partial charge in [-0.15, -0.1) is 0 Å². The highest BCUT2D eigenvalue weighted by Crippen LogP contribution is 2.24. The van der Waals surface area contributed by atoms with Gasteiger partial charge in [-0.25, -0.2) is 0 Å². The molecule has 8 nitrogen and oxygen atoms in total. The number of pyridine rings is 1. The molecule has 8 heteroatoms. The molecule has 3 aliphatic rings. The number of benzene rings is 1. The van der Waals surface area contributed by atoms with Crippen molar-refractivity contribution in [3.05, 3.63) is 58.6 Å². The molecule has 0 unspecified atom stereocenters. The van der Waals surface area contributed by atoms with Gasteiger partial charge in [0.05, 0.1) is 16.8 Å². The molecule has 0 spiro atoms. The molecule has 162 valence electrons. The van der Waals surface area contributed by atoms with Gasteiger partial charge in [0.15, 0.2) is 0 Å². The minimum Gasteiger partial charge on any atom is -0.353 e. The molecule has 0 saturated carbocycles. The van der Waals surface area contributed by atoms with Crippen LogP contribution in [0, 0.1) is 0 Å². The Morgan fingerprint density at radius 2 is 1.65 bits per heavy atom. The van der Waals surface area contributed by atoms with Crippen LogP contribution in [0.5, 0.6) is 0 Å². The Balaban J connectivity index is 1.66. The molecule has 0 atom stereocenters. The van der Waals surface area contributed by atoms with Gasteiger partial charge in [-0.2, -0.15) is 9.78 Å². The van der Waals surface area contributed by atoms with Gasteiger partial charge < -0.3 is 14.4 Å². The van der Waals surface area contributed by atoms with E-state index in [1.807, 2.05) is 53.6 Å². The lowest BCUT2D eigenvalue weighted by molar-refractivity contribution is -0.132. The predicted octanol–water partition coefficient (Wildman–Crippen LogP) is 2.24. The fourth-order valence-electron chi connectivity index (χ4n) is 3.94. The van der Waals surface area contributed by atoms with E-state index < -0.39 is 0 Å². The van der Waals surface area contributed by atoms with Crippen LogP contribution in [-0.2, 0) is 11.3 Å². The van der Waals surface area contributed by atoms with E-state index in [-0.39, 0.29) is 17.4 Å². The average Bonchev–Trinajstić information content (AvgIpc) is 3.15. The van der Waals surface area contributed by atoms with E-state index in [9.17, 15) is 14.4 Å². The Morgan fingerprint density at radius 3 is 2.29 bits per heavy atom. The lowest BCUT2D eigenvalue weighted by atomic mass is 10.1. The summed E-state index contributed by atoms with van der Waals surface area (Å²) >= 11 is 0. The zero-order chi connectivity index (χ0) is 22.0. The quantitative estimate of drug-likeness (QED) is 0.633. The van der Waals surface area contributed by atoms with Gasteiger partial charge in [-0.1, -0.05) is 25.1 Å². The molecule has 3 heterocycles. The number of rotatable bonds is 5. The molecule has 31 heavy (non-hydrogen) atoms. The zero-order valence-electron chi connectivity index (χ0n) is 18.0. The minimum atomic E-state index is -0.243. The van der Waals surface area contributed by atoms with E-state index in [1.54, 1.807) is 17.3 Å². The summed E-state index contributed by atoms with van der Waals surface area (Å²) in [5, 5.41) is 4.52. The van der Waals surface area contributed by atoms with Crippen LogP contribution < -0.4 is 5.56 Å². The van der Waals surface area contributed by atoms with Crippen molar-refractivity contribution in [1.29, 1.82) is 0 Å². The molecule has 0 radical (unpaired) electrons. The summed E-state index contributed by atoms with van der Waals surface area (Å²) in [6, 6.07) is 9.20. The van der Waals surface area contributed by atoms with E-state index in [0.29, 0.717) is 61.7 Å². The van der Waals surface area contributed by atoms with E-state index >= 15 is 0 Å². The van der Waals surface area contributed by atoms with Crippen molar-refractivity contribution in [3.63, 3.8) is 0 Å². The topological polar surface area (TPSA) is 80.4 Å². The fraction of sp³-hybridized carbons (Fsp3) is 0.391. The van der Waals surface area contributed by atoms with Crippen LogP contribution in [0.25, 0.3) is 16.9 Å². The van der Waals surface area contributed by atoms with Gasteiger partial charge in [0.25, 0.3) is 11.5 Å². The summed E-state index contributed by atoms with van der Waals surface area (Å²) in [4.78, 5) is 42.2. The molecular formula is C23H27N5O3. The Kier molecular flexibility index (Phi) is 5.88. The number of aromatic nitrogens is 3. The second kappa shape index (κ2) is 8.75. The van der Waals surface area contributed by atoms with Crippen molar-refractivity contribution >= 4 is 11.8 Å². The maximum absolute atomic E-state index is 13.4. The largest absolute Gasteiger partial charge is 0.353 e. The number of amides is 2. The van der Waals surface area contributed by atoms with Crippen LogP contribution in [0.1, 0.15) is 37.0 Å². The second-order valence-electron chi connectivity index (χ2n) is 7.74. The van der Waals surface area contributed by atoms with E-state index in [1.165, 1.54) is 4.68 Å². The van der Waals surface area contributed by atoms with Crippen molar-refractivity contribution in [2.45, 2.75) is 33.2 Å². The van der Waals surface area contributed by atoms with Crippen LogP contribution in [0.4, 0.5) is 0 Å². The molecular weight excluding hydrogens is 394 g/mol. The van der Waals surface area contributed by atoms with Gasteiger partial charge in [-0.3, -0.25) is 14.4 Å². The predicted molar refractivity (Wildman–Crippen MR) is 118 cm³/mol. The van der Waals surface area contributed by atoms with E-state index in [0.717, 1.165) is 6.42 Å². The first-order valence-electron chi connectivity index (χ1n) is 10.8. The van der Waals surface area contributed by atoms with E-state index in [4.69, 9.17) is 0 Å². The molecule has 3 aliphatic heterocycles. The molecule has 1 saturated heterocycles. The maximum atomic E-state index is 13.4. The van der Waals surface area contributed by atoms with Crippen LogP contribution in [0.2, 0.25) is 0 Å². The van der Waals surface area contributed by atoms with Crippen molar-refractivity contribution in [3.8, 4) is 16.9 Å². The normalized spacial score (nSPS) is 14.3. The molecule has 1 fully saturated rings. The van der Waals surface area contributed by atoms with Crippen molar-refractivity contribution in [1.82, 2.24) is 24.1 Å². The Labute approximate surface area is 181 Å². The summed E-state index contributed by atoms with van der Waals surface area (Å²) in [6.07, 6.45) is 4.87. The monoisotopic (exact) mass is 421 g/mol. The van der Waals surface area contributed by atoms with Gasteiger partial charge >= 0.3 is 0 Å². The highest BCUT2D eigenvalue weighted by molar-refractivity contribution is 6.00. The summed E-state index contributed by atoms with van der Waals surface area (Å²) in [5.74, 6) is -0.0220. The number of hydrogen-bond acceptors (Lipinski definition) is 4. The zero-order valence-corrected chi connectivity index (χ0v) is 18.0. The number of aryl methyl sites for hydroxylation is 1. The number of piperazine rings is 1. The summed E-state index contributed by atoms with van der Waals surface area (Å²) in [6.45, 7) is 6.58. The number of carbonyl (C=O) groups excluding carboxylic acids is 2. The fourth-order valence-corrected chi connectivity index (χ4v) is 3.94.